The maximum atomic E-state index is 13.6. The van der Waals surface area contributed by atoms with Crippen molar-refractivity contribution in [2.75, 3.05) is 26.2 Å². The molecule has 0 spiro atoms. The fraction of sp³-hybridized carbons (Fsp3) is 0.667. The molecule has 5 heteroatoms. The van der Waals surface area contributed by atoms with Crippen molar-refractivity contribution in [2.24, 2.45) is 11.7 Å². The van der Waals surface area contributed by atoms with E-state index in [4.69, 9.17) is 17.3 Å². The fourth-order valence-electron chi connectivity index (χ4n) is 4.30. The number of nitrogens with zero attached hydrogens (tertiary/aromatic N) is 2. The predicted molar refractivity (Wildman–Crippen MR) is 109 cm³/mol. The predicted octanol–water partition coefficient (Wildman–Crippen LogP) is 4.31. The Hall–Kier alpha value is -1.10. The number of hydrogen-bond donors (Lipinski definition) is 1. The van der Waals surface area contributed by atoms with Crippen LogP contribution < -0.4 is 5.73 Å². The smallest absolute Gasteiger partial charge is 0.330 e. The molecule has 146 valence electrons. The number of piperidine rings is 1. The lowest BCUT2D eigenvalue weighted by Crippen LogP contribution is -2.67. The van der Waals surface area contributed by atoms with Gasteiger partial charge in [-0.2, -0.15) is 0 Å². The molecular weight excluding hydrogens is 346 g/mol. The molecule has 26 heavy (non-hydrogen) atoms. The van der Waals surface area contributed by atoms with Crippen molar-refractivity contribution in [1.82, 2.24) is 4.90 Å². The number of carbonyl (C=O) groups is 1. The molecule has 4 nitrogen and oxygen atoms in total. The van der Waals surface area contributed by atoms with Crippen LogP contribution in [0.4, 0.5) is 4.79 Å². The molecule has 0 aromatic heterocycles. The Morgan fingerprint density at radius 3 is 2.46 bits per heavy atom. The number of amides is 2. The fourth-order valence-corrected chi connectivity index (χ4v) is 4.51. The maximum Gasteiger partial charge on any atom is 0.419 e. The van der Waals surface area contributed by atoms with Gasteiger partial charge < -0.3 is 5.73 Å². The molecule has 0 bridgehead atoms. The lowest BCUT2D eigenvalue weighted by Gasteiger charge is -2.47. The standard InChI is InChI=1S/C21H35ClN3O/c1-5-24(16(2)3)21(26)25(11-9-18(15-23)10-12-25)17(4)13-19-7-6-8-20(22)14-19/h6-8,14,16-18H,5,9-13,15,23H2,1-4H3/q+1. The number of quaternary nitrogens is 1. The number of halogens is 1. The molecule has 1 aromatic carbocycles. The van der Waals surface area contributed by atoms with Crippen molar-refractivity contribution < 1.29 is 9.28 Å². The third kappa shape index (κ3) is 4.59. The number of likely N-dealkylation sites (tertiary alicyclic amines) is 1. The third-order valence-electron chi connectivity index (χ3n) is 6.06. The van der Waals surface area contributed by atoms with Crippen LogP contribution >= 0.6 is 11.6 Å². The minimum atomic E-state index is 0.215. The Morgan fingerprint density at radius 2 is 1.96 bits per heavy atom. The zero-order chi connectivity index (χ0) is 19.3. The molecule has 0 aliphatic carbocycles. The van der Waals surface area contributed by atoms with E-state index in [2.05, 4.69) is 33.8 Å². The lowest BCUT2D eigenvalue weighted by atomic mass is 9.92. The average molecular weight is 381 g/mol. The van der Waals surface area contributed by atoms with Gasteiger partial charge in [-0.25, -0.2) is 9.28 Å². The van der Waals surface area contributed by atoms with Crippen molar-refractivity contribution in [2.45, 2.75) is 59.0 Å². The molecule has 1 heterocycles. The quantitative estimate of drug-likeness (QED) is 0.747. The van der Waals surface area contributed by atoms with E-state index in [-0.39, 0.29) is 18.1 Å². The Balaban J connectivity index is 2.29. The molecule has 2 rings (SSSR count). The summed E-state index contributed by atoms with van der Waals surface area (Å²) in [5.74, 6) is 0.543. The van der Waals surface area contributed by atoms with Gasteiger partial charge in [-0.1, -0.05) is 23.7 Å². The number of nitrogens with two attached hydrogens (primary N) is 1. The number of hydrogen-bond acceptors (Lipinski definition) is 2. The van der Waals surface area contributed by atoms with E-state index < -0.39 is 0 Å². The van der Waals surface area contributed by atoms with Crippen LogP contribution in [-0.4, -0.2) is 53.7 Å². The molecule has 1 aliphatic rings. The van der Waals surface area contributed by atoms with Crippen LogP contribution in [0.5, 0.6) is 0 Å². The van der Waals surface area contributed by atoms with E-state index in [9.17, 15) is 4.79 Å². The molecule has 2 amide bonds. The monoisotopic (exact) mass is 380 g/mol. The van der Waals surface area contributed by atoms with Crippen molar-refractivity contribution in [3.63, 3.8) is 0 Å². The summed E-state index contributed by atoms with van der Waals surface area (Å²) in [7, 11) is 0. The van der Waals surface area contributed by atoms with Crippen molar-refractivity contribution in [3.05, 3.63) is 34.9 Å². The lowest BCUT2D eigenvalue weighted by molar-refractivity contribution is -0.883. The summed E-state index contributed by atoms with van der Waals surface area (Å²) in [6.07, 6.45) is 2.91. The molecule has 1 unspecified atom stereocenters. The van der Waals surface area contributed by atoms with Crippen LogP contribution in [0.15, 0.2) is 24.3 Å². The summed E-state index contributed by atoms with van der Waals surface area (Å²) in [5, 5.41) is 0.756. The van der Waals surface area contributed by atoms with E-state index in [0.29, 0.717) is 10.4 Å². The van der Waals surface area contributed by atoms with Crippen LogP contribution in [-0.2, 0) is 6.42 Å². The molecule has 1 atom stereocenters. The average Bonchev–Trinajstić information content (AvgIpc) is 2.61. The molecule has 1 aliphatic heterocycles. The number of carbonyl (C=O) groups excluding carboxylic acids is 1. The highest BCUT2D eigenvalue weighted by Gasteiger charge is 2.47. The SMILES string of the molecule is CCN(C(=O)[N+]1(C(C)Cc2cccc(Cl)c2)CCC(CN)CC1)C(C)C. The van der Waals surface area contributed by atoms with E-state index in [0.717, 1.165) is 50.5 Å². The van der Waals surface area contributed by atoms with E-state index in [1.54, 1.807) is 0 Å². The van der Waals surface area contributed by atoms with Gasteiger partial charge in [0.15, 0.2) is 0 Å². The third-order valence-corrected chi connectivity index (χ3v) is 6.30. The van der Waals surface area contributed by atoms with Gasteiger partial charge in [-0.15, -0.1) is 0 Å². The Morgan fingerprint density at radius 1 is 1.31 bits per heavy atom. The molecule has 0 saturated carbocycles. The topological polar surface area (TPSA) is 46.3 Å². The summed E-state index contributed by atoms with van der Waals surface area (Å²) >= 11 is 6.17. The first kappa shape index (κ1) is 21.2. The minimum Gasteiger partial charge on any atom is -0.330 e. The number of rotatable bonds is 6. The molecular formula is C21H35ClN3O+. The Labute approximate surface area is 163 Å². The molecule has 1 aromatic rings. The zero-order valence-electron chi connectivity index (χ0n) is 16.7. The number of urea groups is 1. The largest absolute Gasteiger partial charge is 0.419 e. The second-order valence-corrected chi connectivity index (χ2v) is 8.44. The first-order chi connectivity index (χ1) is 12.3. The highest BCUT2D eigenvalue weighted by molar-refractivity contribution is 6.30. The van der Waals surface area contributed by atoms with Crippen LogP contribution in [0.1, 0.15) is 46.1 Å². The van der Waals surface area contributed by atoms with Crippen LogP contribution in [0.25, 0.3) is 0 Å². The van der Waals surface area contributed by atoms with Gasteiger partial charge in [-0.05, 0) is 57.9 Å². The van der Waals surface area contributed by atoms with Crippen LogP contribution in [0, 0.1) is 5.92 Å². The summed E-state index contributed by atoms with van der Waals surface area (Å²) in [6.45, 7) is 11.7. The summed E-state index contributed by atoms with van der Waals surface area (Å²) in [6, 6.07) is 8.72. The highest BCUT2D eigenvalue weighted by Crippen LogP contribution is 2.31. The van der Waals surface area contributed by atoms with Gasteiger partial charge in [0.1, 0.15) is 0 Å². The molecule has 2 N–H and O–H groups in total. The van der Waals surface area contributed by atoms with E-state index in [1.807, 2.05) is 23.1 Å². The van der Waals surface area contributed by atoms with Crippen molar-refractivity contribution in [1.29, 1.82) is 0 Å². The second kappa shape index (κ2) is 9.20. The second-order valence-electron chi connectivity index (χ2n) is 8.01. The minimum absolute atomic E-state index is 0.215. The first-order valence-electron chi connectivity index (χ1n) is 9.96. The van der Waals surface area contributed by atoms with Gasteiger partial charge >= 0.3 is 6.03 Å². The zero-order valence-corrected chi connectivity index (χ0v) is 17.5. The normalized spacial score (nSPS) is 24.5. The van der Waals surface area contributed by atoms with Gasteiger partial charge in [0.05, 0.1) is 19.1 Å². The van der Waals surface area contributed by atoms with Gasteiger partial charge in [0, 0.05) is 36.9 Å². The van der Waals surface area contributed by atoms with Crippen LogP contribution in [0.3, 0.4) is 0 Å². The van der Waals surface area contributed by atoms with E-state index >= 15 is 0 Å². The first-order valence-corrected chi connectivity index (χ1v) is 10.3. The van der Waals surface area contributed by atoms with Crippen molar-refractivity contribution >= 4 is 17.6 Å². The van der Waals surface area contributed by atoms with Gasteiger partial charge in [0.2, 0.25) is 0 Å². The summed E-state index contributed by atoms with van der Waals surface area (Å²) in [4.78, 5) is 15.7. The molecule has 0 radical (unpaired) electrons. The Bertz CT molecular complexity index is 597. The van der Waals surface area contributed by atoms with E-state index in [1.165, 1.54) is 5.56 Å². The molecule has 1 saturated heterocycles. The van der Waals surface area contributed by atoms with Gasteiger partial charge in [0.25, 0.3) is 0 Å². The Kier molecular flexibility index (Phi) is 7.51. The van der Waals surface area contributed by atoms with Gasteiger partial charge in [-0.3, -0.25) is 4.90 Å². The number of benzene rings is 1. The summed E-state index contributed by atoms with van der Waals surface area (Å²) in [5.41, 5.74) is 7.10. The maximum absolute atomic E-state index is 13.6. The highest BCUT2D eigenvalue weighted by atomic mass is 35.5. The van der Waals surface area contributed by atoms with Crippen molar-refractivity contribution in [3.8, 4) is 0 Å². The van der Waals surface area contributed by atoms with Crippen LogP contribution in [0.2, 0.25) is 5.02 Å². The molecule has 1 fully saturated rings. The summed E-state index contributed by atoms with van der Waals surface area (Å²) < 4.78 is 0.537.